The Hall–Kier alpha value is -1.70. The van der Waals surface area contributed by atoms with E-state index in [-0.39, 0.29) is 5.75 Å². The zero-order valence-corrected chi connectivity index (χ0v) is 15.2. The summed E-state index contributed by atoms with van der Waals surface area (Å²) >= 11 is 0. The number of carbonyl (C=O) groups is 1. The molecule has 6 nitrogen and oxygen atoms in total. The standard InChI is InChI=1S/C19H27FN2O4/c1-25-17-12-15(20)2-3-16(17)18(19(23)24)22-6-4-14(5-7-22)13-21-8-10-26-11-9-21/h2-3,12,14,18H,4-11,13H2,1H3,(H,23,24)/t18-/m0/s1. The Labute approximate surface area is 153 Å². The van der Waals surface area contributed by atoms with Gasteiger partial charge in [-0.15, -0.1) is 0 Å². The third-order valence-electron chi connectivity index (χ3n) is 5.36. The quantitative estimate of drug-likeness (QED) is 0.831. The third kappa shape index (κ3) is 4.52. The molecule has 1 aromatic carbocycles. The first-order chi connectivity index (χ1) is 12.6. The molecule has 0 aromatic heterocycles. The van der Waals surface area contributed by atoms with Crippen LogP contribution in [-0.2, 0) is 9.53 Å². The highest BCUT2D eigenvalue weighted by Gasteiger charge is 2.33. The Morgan fingerprint density at radius 2 is 2.00 bits per heavy atom. The number of hydrogen-bond donors (Lipinski definition) is 1. The molecule has 1 N–H and O–H groups in total. The molecule has 0 saturated carbocycles. The van der Waals surface area contributed by atoms with Gasteiger partial charge in [0.1, 0.15) is 17.6 Å². The molecule has 2 heterocycles. The monoisotopic (exact) mass is 366 g/mol. The summed E-state index contributed by atoms with van der Waals surface area (Å²) in [4.78, 5) is 16.3. The first-order valence-corrected chi connectivity index (χ1v) is 9.19. The van der Waals surface area contributed by atoms with E-state index in [2.05, 4.69) is 4.90 Å². The summed E-state index contributed by atoms with van der Waals surface area (Å²) in [5, 5.41) is 9.78. The highest BCUT2D eigenvalue weighted by atomic mass is 19.1. The van der Waals surface area contributed by atoms with Crippen LogP contribution >= 0.6 is 0 Å². The van der Waals surface area contributed by atoms with E-state index in [1.165, 1.54) is 25.3 Å². The molecule has 1 atom stereocenters. The van der Waals surface area contributed by atoms with Gasteiger partial charge < -0.3 is 14.6 Å². The summed E-state index contributed by atoms with van der Waals surface area (Å²) in [6.07, 6.45) is 1.93. The molecule has 0 unspecified atom stereocenters. The highest BCUT2D eigenvalue weighted by Crippen LogP contribution is 2.33. The second-order valence-corrected chi connectivity index (χ2v) is 7.02. The Morgan fingerprint density at radius 1 is 1.31 bits per heavy atom. The first-order valence-electron chi connectivity index (χ1n) is 9.19. The molecule has 0 bridgehead atoms. The summed E-state index contributed by atoms with van der Waals surface area (Å²) in [5.41, 5.74) is 0.507. The molecular formula is C19H27FN2O4. The molecule has 2 aliphatic rings. The SMILES string of the molecule is COc1cc(F)ccc1[C@@H](C(=O)O)N1CCC(CN2CCOCC2)CC1. The van der Waals surface area contributed by atoms with Gasteiger partial charge in [-0.3, -0.25) is 14.6 Å². The number of likely N-dealkylation sites (tertiary alicyclic amines) is 1. The van der Waals surface area contributed by atoms with Gasteiger partial charge >= 0.3 is 5.97 Å². The molecule has 3 rings (SSSR count). The Bertz CT molecular complexity index is 614. The van der Waals surface area contributed by atoms with Gasteiger partial charge in [0.25, 0.3) is 0 Å². The minimum Gasteiger partial charge on any atom is -0.496 e. The molecule has 2 aliphatic heterocycles. The van der Waals surface area contributed by atoms with Crippen LogP contribution in [0.3, 0.4) is 0 Å². The average Bonchev–Trinajstić information content (AvgIpc) is 2.65. The van der Waals surface area contributed by atoms with Crippen molar-refractivity contribution in [1.82, 2.24) is 9.80 Å². The topological polar surface area (TPSA) is 62.2 Å². The normalized spacial score (nSPS) is 21.5. The van der Waals surface area contributed by atoms with Gasteiger partial charge in [0.15, 0.2) is 0 Å². The van der Waals surface area contributed by atoms with Crippen LogP contribution in [0.1, 0.15) is 24.4 Å². The Balaban J connectivity index is 1.64. The van der Waals surface area contributed by atoms with Gasteiger partial charge in [-0.2, -0.15) is 0 Å². The number of piperidine rings is 1. The van der Waals surface area contributed by atoms with Crippen molar-refractivity contribution in [2.24, 2.45) is 5.92 Å². The van der Waals surface area contributed by atoms with E-state index < -0.39 is 17.8 Å². The summed E-state index contributed by atoms with van der Waals surface area (Å²) in [5.74, 6) is -0.498. The molecule has 0 radical (unpaired) electrons. The zero-order valence-electron chi connectivity index (χ0n) is 15.2. The van der Waals surface area contributed by atoms with E-state index >= 15 is 0 Å². The number of halogens is 1. The van der Waals surface area contributed by atoms with Gasteiger partial charge in [0.2, 0.25) is 0 Å². The van der Waals surface area contributed by atoms with Crippen molar-refractivity contribution in [1.29, 1.82) is 0 Å². The van der Waals surface area contributed by atoms with Crippen molar-refractivity contribution in [2.45, 2.75) is 18.9 Å². The van der Waals surface area contributed by atoms with Crippen molar-refractivity contribution in [2.75, 3.05) is 53.0 Å². The van der Waals surface area contributed by atoms with Crippen molar-refractivity contribution in [3.8, 4) is 5.75 Å². The second-order valence-electron chi connectivity index (χ2n) is 7.02. The van der Waals surface area contributed by atoms with Crippen LogP contribution in [0.25, 0.3) is 0 Å². The van der Waals surface area contributed by atoms with Crippen molar-refractivity contribution < 1.29 is 23.8 Å². The minimum atomic E-state index is -0.929. The predicted molar refractivity (Wildman–Crippen MR) is 94.9 cm³/mol. The summed E-state index contributed by atoms with van der Waals surface area (Å²) in [6, 6.07) is 3.25. The number of carboxylic acid groups (broad SMARTS) is 1. The summed E-state index contributed by atoms with van der Waals surface area (Å²) < 4.78 is 24.1. The number of methoxy groups -OCH3 is 1. The molecule has 0 spiro atoms. The smallest absolute Gasteiger partial charge is 0.325 e. The third-order valence-corrected chi connectivity index (χ3v) is 5.36. The van der Waals surface area contributed by atoms with Gasteiger partial charge in [-0.1, -0.05) is 6.07 Å². The van der Waals surface area contributed by atoms with E-state index in [1.807, 2.05) is 4.90 Å². The Kier molecular flexibility index (Phi) is 6.45. The maximum absolute atomic E-state index is 13.5. The fourth-order valence-corrected chi connectivity index (χ4v) is 3.94. The fraction of sp³-hybridized carbons (Fsp3) is 0.632. The number of benzene rings is 1. The van der Waals surface area contributed by atoms with Crippen LogP contribution in [0.2, 0.25) is 0 Å². The van der Waals surface area contributed by atoms with E-state index in [4.69, 9.17) is 9.47 Å². The lowest BCUT2D eigenvalue weighted by Gasteiger charge is -2.38. The van der Waals surface area contributed by atoms with Crippen LogP contribution in [0.4, 0.5) is 4.39 Å². The molecule has 0 aliphatic carbocycles. The molecule has 144 valence electrons. The molecule has 26 heavy (non-hydrogen) atoms. The lowest BCUT2D eigenvalue weighted by molar-refractivity contribution is -0.144. The van der Waals surface area contributed by atoms with Gasteiger partial charge in [0.05, 0.1) is 20.3 Å². The molecule has 2 fully saturated rings. The first kappa shape index (κ1) is 19.1. The lowest BCUT2D eigenvalue weighted by Crippen LogP contribution is -2.44. The fourth-order valence-electron chi connectivity index (χ4n) is 3.94. The maximum atomic E-state index is 13.5. The molecule has 0 amide bonds. The summed E-state index contributed by atoms with van der Waals surface area (Å²) in [7, 11) is 1.44. The number of nitrogens with zero attached hydrogens (tertiary/aromatic N) is 2. The molecule has 2 saturated heterocycles. The zero-order chi connectivity index (χ0) is 18.5. The molecular weight excluding hydrogens is 339 g/mol. The van der Waals surface area contributed by atoms with Crippen molar-refractivity contribution >= 4 is 5.97 Å². The Morgan fingerprint density at radius 3 is 2.62 bits per heavy atom. The largest absolute Gasteiger partial charge is 0.496 e. The lowest BCUT2D eigenvalue weighted by atomic mass is 9.93. The number of carboxylic acids is 1. The van der Waals surface area contributed by atoms with Crippen LogP contribution in [-0.4, -0.2) is 73.9 Å². The number of ether oxygens (including phenoxy) is 2. The number of morpholine rings is 1. The number of rotatable bonds is 6. The van der Waals surface area contributed by atoms with Gasteiger partial charge in [-0.05, 0) is 37.9 Å². The number of aliphatic carboxylic acids is 1. The van der Waals surface area contributed by atoms with E-state index in [9.17, 15) is 14.3 Å². The maximum Gasteiger partial charge on any atom is 0.325 e. The highest BCUT2D eigenvalue weighted by molar-refractivity contribution is 5.76. The van der Waals surface area contributed by atoms with Crippen LogP contribution < -0.4 is 4.74 Å². The van der Waals surface area contributed by atoms with Gasteiger partial charge in [-0.25, -0.2) is 4.39 Å². The molecule has 1 aromatic rings. The molecule has 7 heteroatoms. The van der Waals surface area contributed by atoms with Crippen molar-refractivity contribution in [3.05, 3.63) is 29.6 Å². The van der Waals surface area contributed by atoms with Gasteiger partial charge in [0, 0.05) is 31.3 Å². The van der Waals surface area contributed by atoms with E-state index in [0.717, 1.165) is 45.7 Å². The average molecular weight is 366 g/mol. The second kappa shape index (κ2) is 8.79. The van der Waals surface area contributed by atoms with E-state index in [0.29, 0.717) is 24.6 Å². The minimum absolute atomic E-state index is 0.285. The van der Waals surface area contributed by atoms with Crippen LogP contribution in [0, 0.1) is 11.7 Å². The van der Waals surface area contributed by atoms with Crippen LogP contribution in [0.15, 0.2) is 18.2 Å². The number of hydrogen-bond acceptors (Lipinski definition) is 5. The predicted octanol–water partition coefficient (Wildman–Crippen LogP) is 2.00. The summed E-state index contributed by atoms with van der Waals surface area (Å²) in [6.45, 7) is 6.03. The van der Waals surface area contributed by atoms with Crippen LogP contribution in [0.5, 0.6) is 5.75 Å². The van der Waals surface area contributed by atoms with E-state index in [1.54, 1.807) is 0 Å². The van der Waals surface area contributed by atoms with Crippen molar-refractivity contribution in [3.63, 3.8) is 0 Å².